The smallest absolute Gasteiger partial charge is 0.337 e. The van der Waals surface area contributed by atoms with Crippen LogP contribution < -0.4 is 4.90 Å². The van der Waals surface area contributed by atoms with Crippen molar-refractivity contribution in [3.8, 4) is 0 Å². The fourth-order valence-electron chi connectivity index (χ4n) is 3.74. The van der Waals surface area contributed by atoms with Crippen LogP contribution >= 0.6 is 11.3 Å². The van der Waals surface area contributed by atoms with Crippen LogP contribution in [0.5, 0.6) is 0 Å². The number of ketones is 1. The lowest BCUT2D eigenvalue weighted by Gasteiger charge is -2.23. The number of aromatic nitrogens is 1. The maximum Gasteiger partial charge on any atom is 0.337 e. The van der Waals surface area contributed by atoms with Crippen molar-refractivity contribution in [2.75, 3.05) is 12.0 Å². The highest BCUT2D eigenvalue weighted by Gasteiger charge is 2.48. The SMILES string of the molecule is COC(=O)c1ccc(C2/C(=C(\O)c3cc(C)ccc3C)C(=O)C(=O)N2c2nccs2)cc1. The molecule has 7 nitrogen and oxygen atoms in total. The molecule has 1 aliphatic rings. The Bertz CT molecular complexity index is 1250. The highest BCUT2D eigenvalue weighted by Crippen LogP contribution is 2.43. The third-order valence-corrected chi connectivity index (χ3v) is 6.14. The Kier molecular flexibility index (Phi) is 5.63. The summed E-state index contributed by atoms with van der Waals surface area (Å²) >= 11 is 1.21. The number of Topliss-reactive ketones (excluding diaryl/α,β-unsaturated/α-hetero) is 1. The number of aliphatic hydroxyl groups is 1. The maximum atomic E-state index is 13.1. The van der Waals surface area contributed by atoms with E-state index in [-0.39, 0.29) is 11.3 Å². The minimum atomic E-state index is -0.896. The van der Waals surface area contributed by atoms with Gasteiger partial charge in [0.05, 0.1) is 24.3 Å². The summed E-state index contributed by atoms with van der Waals surface area (Å²) in [6.45, 7) is 3.71. The van der Waals surface area contributed by atoms with Gasteiger partial charge in [-0.15, -0.1) is 11.3 Å². The Labute approximate surface area is 188 Å². The monoisotopic (exact) mass is 448 g/mol. The number of methoxy groups -OCH3 is 1. The van der Waals surface area contributed by atoms with E-state index < -0.39 is 23.7 Å². The van der Waals surface area contributed by atoms with Crippen molar-refractivity contribution in [3.63, 3.8) is 0 Å². The number of esters is 1. The average Bonchev–Trinajstić information content (AvgIpc) is 3.41. The van der Waals surface area contributed by atoms with Crippen LogP contribution in [0.4, 0.5) is 5.13 Å². The fourth-order valence-corrected chi connectivity index (χ4v) is 4.40. The molecule has 1 saturated heterocycles. The van der Waals surface area contributed by atoms with E-state index in [1.54, 1.807) is 41.9 Å². The van der Waals surface area contributed by atoms with Gasteiger partial charge >= 0.3 is 11.9 Å². The van der Waals surface area contributed by atoms with Gasteiger partial charge in [-0.05, 0) is 43.2 Å². The van der Waals surface area contributed by atoms with Gasteiger partial charge in [-0.3, -0.25) is 14.5 Å². The predicted molar refractivity (Wildman–Crippen MR) is 121 cm³/mol. The van der Waals surface area contributed by atoms with Crippen molar-refractivity contribution in [3.05, 3.63) is 87.4 Å². The van der Waals surface area contributed by atoms with Crippen LogP contribution in [-0.2, 0) is 14.3 Å². The molecule has 0 bridgehead atoms. The third-order valence-electron chi connectivity index (χ3n) is 5.37. The van der Waals surface area contributed by atoms with E-state index in [2.05, 4.69) is 4.98 Å². The lowest BCUT2D eigenvalue weighted by molar-refractivity contribution is -0.132. The number of anilines is 1. The summed E-state index contributed by atoms with van der Waals surface area (Å²) < 4.78 is 4.74. The number of thiazole rings is 1. The normalized spacial score (nSPS) is 17.6. The number of carbonyl (C=O) groups is 3. The van der Waals surface area contributed by atoms with E-state index in [1.165, 1.54) is 23.3 Å². The second-order valence-corrected chi connectivity index (χ2v) is 8.29. The van der Waals surface area contributed by atoms with Crippen LogP contribution in [-0.4, -0.2) is 34.9 Å². The number of nitrogens with zero attached hydrogens (tertiary/aromatic N) is 2. The average molecular weight is 449 g/mol. The van der Waals surface area contributed by atoms with Gasteiger partial charge < -0.3 is 9.84 Å². The summed E-state index contributed by atoms with van der Waals surface area (Å²) in [5, 5.41) is 13.3. The third kappa shape index (κ3) is 3.58. The Morgan fingerprint density at radius 3 is 2.47 bits per heavy atom. The van der Waals surface area contributed by atoms with Crippen LogP contribution in [0.15, 0.2) is 59.6 Å². The molecule has 1 N–H and O–H groups in total. The zero-order valence-electron chi connectivity index (χ0n) is 17.7. The molecule has 2 aromatic carbocycles. The van der Waals surface area contributed by atoms with Gasteiger partial charge in [-0.2, -0.15) is 0 Å². The maximum absolute atomic E-state index is 13.1. The first kappa shape index (κ1) is 21.5. The Hall–Kier alpha value is -3.78. The first-order chi connectivity index (χ1) is 15.3. The minimum absolute atomic E-state index is 0.0234. The number of hydrogen-bond acceptors (Lipinski definition) is 7. The molecule has 0 spiro atoms. The van der Waals surface area contributed by atoms with Crippen molar-refractivity contribution < 1.29 is 24.2 Å². The first-order valence-electron chi connectivity index (χ1n) is 9.80. The van der Waals surface area contributed by atoms with Gasteiger partial charge in [0.25, 0.3) is 5.78 Å². The van der Waals surface area contributed by atoms with Gasteiger partial charge in [0, 0.05) is 17.1 Å². The molecule has 2 heterocycles. The van der Waals surface area contributed by atoms with Crippen LogP contribution in [0, 0.1) is 13.8 Å². The van der Waals surface area contributed by atoms with Gasteiger partial charge in [0.2, 0.25) is 0 Å². The van der Waals surface area contributed by atoms with Crippen molar-refractivity contribution in [1.82, 2.24) is 4.98 Å². The van der Waals surface area contributed by atoms with Crippen molar-refractivity contribution >= 4 is 39.9 Å². The Balaban J connectivity index is 1.93. The van der Waals surface area contributed by atoms with Crippen molar-refractivity contribution in [1.29, 1.82) is 0 Å². The number of benzene rings is 2. The highest BCUT2D eigenvalue weighted by atomic mass is 32.1. The number of carbonyl (C=O) groups excluding carboxylic acids is 3. The van der Waals surface area contributed by atoms with E-state index in [0.29, 0.717) is 21.8 Å². The number of amides is 1. The molecular formula is C24H20N2O5S. The zero-order valence-corrected chi connectivity index (χ0v) is 18.5. The van der Waals surface area contributed by atoms with Gasteiger partial charge in [0.1, 0.15) is 5.76 Å². The molecule has 1 amide bonds. The molecule has 8 heteroatoms. The highest BCUT2D eigenvalue weighted by molar-refractivity contribution is 7.14. The zero-order chi connectivity index (χ0) is 23.0. The lowest BCUT2D eigenvalue weighted by atomic mass is 9.93. The van der Waals surface area contributed by atoms with Gasteiger partial charge in [0.15, 0.2) is 5.13 Å². The number of aryl methyl sites for hydroxylation is 2. The molecular weight excluding hydrogens is 428 g/mol. The van der Waals surface area contributed by atoms with Crippen LogP contribution in [0.25, 0.3) is 5.76 Å². The van der Waals surface area contributed by atoms with Gasteiger partial charge in [-0.1, -0.05) is 29.8 Å². The molecule has 1 aliphatic heterocycles. The molecule has 1 unspecified atom stereocenters. The van der Waals surface area contributed by atoms with E-state index in [4.69, 9.17) is 4.74 Å². The summed E-state index contributed by atoms with van der Waals surface area (Å²) in [7, 11) is 1.29. The lowest BCUT2D eigenvalue weighted by Crippen LogP contribution is -2.29. The Morgan fingerprint density at radius 2 is 1.84 bits per heavy atom. The molecule has 1 fully saturated rings. The molecule has 0 aliphatic carbocycles. The molecule has 0 saturated carbocycles. The van der Waals surface area contributed by atoms with Crippen LogP contribution in [0.2, 0.25) is 0 Å². The minimum Gasteiger partial charge on any atom is -0.507 e. The topological polar surface area (TPSA) is 96.8 Å². The number of rotatable bonds is 4. The standard InChI is InChI=1S/C24H20N2O5S/c1-13-4-5-14(2)17(12-13)20(27)18-19(15-6-8-16(9-7-15)23(30)31-3)26(22(29)21(18)28)24-25-10-11-32-24/h4-12,19,27H,1-3H3/b20-18+. The predicted octanol–water partition coefficient (Wildman–Crippen LogP) is 4.17. The summed E-state index contributed by atoms with van der Waals surface area (Å²) in [5.41, 5.74) is 3.03. The van der Waals surface area contributed by atoms with E-state index in [0.717, 1.165) is 11.1 Å². The largest absolute Gasteiger partial charge is 0.507 e. The molecule has 32 heavy (non-hydrogen) atoms. The fraction of sp³-hybridized carbons (Fsp3) is 0.167. The van der Waals surface area contributed by atoms with Gasteiger partial charge in [-0.25, -0.2) is 9.78 Å². The quantitative estimate of drug-likeness (QED) is 0.278. The number of aliphatic hydroxyl groups excluding tert-OH is 1. The number of hydrogen-bond donors (Lipinski definition) is 1. The first-order valence-corrected chi connectivity index (χ1v) is 10.7. The van der Waals surface area contributed by atoms with Crippen LogP contribution in [0.3, 0.4) is 0 Å². The van der Waals surface area contributed by atoms with Crippen molar-refractivity contribution in [2.24, 2.45) is 0 Å². The van der Waals surface area contributed by atoms with Crippen molar-refractivity contribution in [2.45, 2.75) is 19.9 Å². The molecule has 1 atom stereocenters. The second kappa shape index (κ2) is 8.39. The molecule has 4 rings (SSSR count). The molecule has 1 aromatic heterocycles. The molecule has 0 radical (unpaired) electrons. The summed E-state index contributed by atoms with van der Waals surface area (Å²) in [5.74, 6) is -2.30. The van der Waals surface area contributed by atoms with E-state index in [9.17, 15) is 19.5 Å². The van der Waals surface area contributed by atoms with Crippen LogP contribution in [0.1, 0.15) is 38.7 Å². The Morgan fingerprint density at radius 1 is 1.12 bits per heavy atom. The molecule has 3 aromatic rings. The summed E-state index contributed by atoms with van der Waals surface area (Å²) in [6, 6.07) is 11.0. The van der Waals surface area contributed by atoms with E-state index in [1.807, 2.05) is 26.0 Å². The number of ether oxygens (including phenoxy) is 1. The summed E-state index contributed by atoms with van der Waals surface area (Å²) in [4.78, 5) is 43.5. The molecule has 162 valence electrons. The second-order valence-electron chi connectivity index (χ2n) is 7.42. The van der Waals surface area contributed by atoms with E-state index >= 15 is 0 Å². The summed E-state index contributed by atoms with van der Waals surface area (Å²) in [6.07, 6.45) is 1.54.